The number of rotatable bonds is 12. The molecule has 2 amide bonds. The molecule has 3 aromatic rings. The number of carbonyl (C=O) groups is 3. The fourth-order valence-corrected chi connectivity index (χ4v) is 4.75. The van der Waals surface area contributed by atoms with E-state index in [-0.39, 0.29) is 18.7 Å². The fraction of sp³-hybridized carbons (Fsp3) is 0.242. The molecule has 1 saturated heterocycles. The van der Waals surface area contributed by atoms with Crippen LogP contribution in [0.2, 0.25) is 0 Å². The standard InChI is InChI=1S/C33H34N2O6/c1-5-21-40-32-33(39-4,34-27(36)22-24-15-9-6-10-16-24)31(38)35(32)28(23(2)3)30(37)41-29(25-17-11-7-12-18-25)26-19-13-8-14-20-26/h5-20,29,32H,1,21-22H2,2-4H3,(H,34,36)/t32-,33+/m0/s1. The first-order valence-electron chi connectivity index (χ1n) is 13.3. The third-order valence-electron chi connectivity index (χ3n) is 6.68. The van der Waals surface area contributed by atoms with Crippen LogP contribution in [0.4, 0.5) is 0 Å². The highest BCUT2D eigenvalue weighted by Gasteiger charge is 2.66. The second kappa shape index (κ2) is 13.2. The maximum Gasteiger partial charge on any atom is 0.356 e. The lowest BCUT2D eigenvalue weighted by Crippen LogP contribution is -2.81. The summed E-state index contributed by atoms with van der Waals surface area (Å²) in [6, 6.07) is 27.8. The zero-order valence-electron chi connectivity index (χ0n) is 23.4. The largest absolute Gasteiger partial charge is 0.448 e. The van der Waals surface area contributed by atoms with Gasteiger partial charge in [-0.3, -0.25) is 14.5 Å². The molecule has 1 aliphatic rings. The molecule has 212 valence electrons. The maximum atomic E-state index is 13.8. The second-order valence-corrected chi connectivity index (χ2v) is 9.76. The van der Waals surface area contributed by atoms with Crippen molar-refractivity contribution < 1.29 is 28.6 Å². The minimum absolute atomic E-state index is 0.00547. The molecule has 0 radical (unpaired) electrons. The van der Waals surface area contributed by atoms with E-state index in [1.165, 1.54) is 18.1 Å². The van der Waals surface area contributed by atoms with Gasteiger partial charge < -0.3 is 19.5 Å². The van der Waals surface area contributed by atoms with Gasteiger partial charge in [-0.05, 0) is 36.1 Å². The molecule has 8 nitrogen and oxygen atoms in total. The number of nitrogens with one attached hydrogen (secondary N) is 1. The summed E-state index contributed by atoms with van der Waals surface area (Å²) in [5.41, 5.74) is 1.00. The number of likely N-dealkylation sites (tertiary alicyclic amines) is 1. The summed E-state index contributed by atoms with van der Waals surface area (Å²) in [7, 11) is 1.31. The van der Waals surface area contributed by atoms with Crippen molar-refractivity contribution in [2.45, 2.75) is 38.3 Å². The van der Waals surface area contributed by atoms with Gasteiger partial charge in [-0.15, -0.1) is 6.58 Å². The quantitative estimate of drug-likeness (QED) is 0.115. The van der Waals surface area contributed by atoms with E-state index in [1.54, 1.807) is 13.8 Å². The molecule has 0 unspecified atom stereocenters. The number of esters is 1. The molecule has 41 heavy (non-hydrogen) atoms. The number of ether oxygens (including phenoxy) is 3. The van der Waals surface area contributed by atoms with Crippen molar-refractivity contribution in [3.63, 3.8) is 0 Å². The molecule has 1 fully saturated rings. The molecule has 2 atom stereocenters. The highest BCUT2D eigenvalue weighted by Crippen LogP contribution is 2.39. The number of amides is 2. The van der Waals surface area contributed by atoms with Gasteiger partial charge in [-0.1, -0.05) is 97.1 Å². The Morgan fingerprint density at radius 1 is 0.951 bits per heavy atom. The maximum absolute atomic E-state index is 13.8. The molecule has 1 aliphatic heterocycles. The van der Waals surface area contributed by atoms with Crippen molar-refractivity contribution in [1.82, 2.24) is 10.2 Å². The average molecular weight is 555 g/mol. The Labute approximate surface area is 240 Å². The van der Waals surface area contributed by atoms with Gasteiger partial charge in [0.2, 0.25) is 5.91 Å². The van der Waals surface area contributed by atoms with E-state index in [0.29, 0.717) is 5.57 Å². The molecule has 3 aromatic carbocycles. The van der Waals surface area contributed by atoms with Crippen LogP contribution >= 0.6 is 0 Å². The highest BCUT2D eigenvalue weighted by molar-refractivity contribution is 6.03. The summed E-state index contributed by atoms with van der Waals surface area (Å²) in [5.74, 6) is -1.81. The Hall–Kier alpha value is -4.53. The van der Waals surface area contributed by atoms with Crippen LogP contribution in [0.25, 0.3) is 0 Å². The van der Waals surface area contributed by atoms with E-state index in [1.807, 2.05) is 91.0 Å². The number of carbonyl (C=O) groups excluding carboxylic acids is 3. The number of benzene rings is 3. The lowest BCUT2D eigenvalue weighted by atomic mass is 9.95. The normalized spacial score (nSPS) is 17.9. The summed E-state index contributed by atoms with van der Waals surface area (Å²) in [5, 5.41) is 2.71. The Bertz CT molecular complexity index is 1360. The van der Waals surface area contributed by atoms with Crippen molar-refractivity contribution in [3.05, 3.63) is 132 Å². The number of β-lactam (4-membered cyclic amide) rings is 1. The van der Waals surface area contributed by atoms with Crippen LogP contribution in [0.3, 0.4) is 0 Å². The van der Waals surface area contributed by atoms with Gasteiger partial charge in [-0.25, -0.2) is 4.79 Å². The van der Waals surface area contributed by atoms with Gasteiger partial charge >= 0.3 is 5.97 Å². The molecule has 4 rings (SSSR count). The fourth-order valence-electron chi connectivity index (χ4n) is 4.75. The summed E-state index contributed by atoms with van der Waals surface area (Å²) in [4.78, 5) is 41.8. The molecular formula is C33H34N2O6. The van der Waals surface area contributed by atoms with E-state index in [0.717, 1.165) is 16.7 Å². The number of allylic oxidation sites excluding steroid dienone is 1. The molecule has 1 N–H and O–H groups in total. The van der Waals surface area contributed by atoms with Crippen LogP contribution in [-0.4, -0.2) is 48.4 Å². The Balaban J connectivity index is 1.63. The zero-order chi connectivity index (χ0) is 29.4. The average Bonchev–Trinajstić information content (AvgIpc) is 2.99. The van der Waals surface area contributed by atoms with Crippen LogP contribution in [0.1, 0.15) is 36.6 Å². The van der Waals surface area contributed by atoms with Gasteiger partial charge in [-0.2, -0.15) is 0 Å². The molecule has 1 heterocycles. The van der Waals surface area contributed by atoms with E-state index in [9.17, 15) is 14.4 Å². The third kappa shape index (κ3) is 6.29. The van der Waals surface area contributed by atoms with Gasteiger partial charge in [0.1, 0.15) is 5.70 Å². The Morgan fingerprint density at radius 3 is 1.98 bits per heavy atom. The van der Waals surface area contributed by atoms with Crippen molar-refractivity contribution in [3.8, 4) is 0 Å². The number of methoxy groups -OCH3 is 1. The van der Waals surface area contributed by atoms with Crippen LogP contribution in [0.15, 0.2) is 115 Å². The van der Waals surface area contributed by atoms with Crippen LogP contribution in [0.5, 0.6) is 0 Å². The van der Waals surface area contributed by atoms with Gasteiger partial charge in [0.25, 0.3) is 11.6 Å². The van der Waals surface area contributed by atoms with E-state index in [2.05, 4.69) is 11.9 Å². The number of hydrogen-bond donors (Lipinski definition) is 1. The SMILES string of the molecule is C=CCO[C@@H]1N(C(C(=O)OC(c2ccccc2)c2ccccc2)=C(C)C)C(=O)[C@@]1(NC(=O)Cc1ccccc1)OC. The molecular weight excluding hydrogens is 520 g/mol. The topological polar surface area (TPSA) is 94.2 Å². The number of nitrogens with zero attached hydrogens (tertiary/aromatic N) is 1. The van der Waals surface area contributed by atoms with Crippen molar-refractivity contribution >= 4 is 17.8 Å². The smallest absolute Gasteiger partial charge is 0.356 e. The molecule has 0 aromatic heterocycles. The predicted octanol–water partition coefficient (Wildman–Crippen LogP) is 4.69. The van der Waals surface area contributed by atoms with Crippen molar-refractivity contribution in [1.29, 1.82) is 0 Å². The molecule has 0 spiro atoms. The lowest BCUT2D eigenvalue weighted by molar-refractivity contribution is -0.253. The first-order valence-corrected chi connectivity index (χ1v) is 13.3. The van der Waals surface area contributed by atoms with Crippen molar-refractivity contribution in [2.75, 3.05) is 13.7 Å². The first-order chi connectivity index (χ1) is 19.8. The van der Waals surface area contributed by atoms with Crippen molar-refractivity contribution in [2.24, 2.45) is 0 Å². The van der Waals surface area contributed by atoms with E-state index < -0.39 is 35.8 Å². The zero-order valence-corrected chi connectivity index (χ0v) is 23.4. The van der Waals surface area contributed by atoms with E-state index >= 15 is 0 Å². The third-order valence-corrected chi connectivity index (χ3v) is 6.68. The lowest BCUT2D eigenvalue weighted by Gasteiger charge is -2.53. The molecule has 0 bridgehead atoms. The highest BCUT2D eigenvalue weighted by atomic mass is 16.6. The summed E-state index contributed by atoms with van der Waals surface area (Å²) < 4.78 is 17.6. The second-order valence-electron chi connectivity index (χ2n) is 9.76. The number of hydrogen-bond acceptors (Lipinski definition) is 6. The van der Waals surface area contributed by atoms with Crippen LogP contribution in [0, 0.1) is 0 Å². The van der Waals surface area contributed by atoms with Gasteiger partial charge in [0.05, 0.1) is 13.0 Å². The van der Waals surface area contributed by atoms with Gasteiger partial charge in [0, 0.05) is 7.11 Å². The summed E-state index contributed by atoms with van der Waals surface area (Å²) in [6.45, 7) is 7.13. The van der Waals surface area contributed by atoms with Crippen LogP contribution in [-0.2, 0) is 35.0 Å². The minimum atomic E-state index is -1.84. The monoisotopic (exact) mass is 554 g/mol. The first kappa shape index (κ1) is 29.5. The molecule has 8 heteroatoms. The van der Waals surface area contributed by atoms with Gasteiger partial charge in [0.15, 0.2) is 12.3 Å². The molecule has 0 aliphatic carbocycles. The Morgan fingerprint density at radius 2 is 1.49 bits per heavy atom. The summed E-state index contributed by atoms with van der Waals surface area (Å²) >= 11 is 0. The van der Waals surface area contributed by atoms with Crippen LogP contribution < -0.4 is 5.32 Å². The summed E-state index contributed by atoms with van der Waals surface area (Å²) in [6.07, 6.45) is -0.335. The Kier molecular flexibility index (Phi) is 9.49. The predicted molar refractivity (Wildman–Crippen MR) is 154 cm³/mol. The van der Waals surface area contributed by atoms with E-state index in [4.69, 9.17) is 14.2 Å². The minimum Gasteiger partial charge on any atom is -0.448 e. The molecule has 0 saturated carbocycles.